The first kappa shape index (κ1) is 17.9. The molecule has 136 valence electrons. The number of carbonyl (C=O) groups is 1. The average Bonchev–Trinajstić information content (AvgIpc) is 2.96. The molecule has 3 rings (SSSR count). The first-order valence-electron chi connectivity index (χ1n) is 8.24. The Kier molecular flexibility index (Phi) is 4.68. The fourth-order valence-electron chi connectivity index (χ4n) is 3.03. The predicted molar refractivity (Wildman–Crippen MR) is 97.3 cm³/mol. The monoisotopic (exact) mass is 356 g/mol. The summed E-state index contributed by atoms with van der Waals surface area (Å²) in [5, 5.41) is 5.98. The number of ether oxygens (including phenoxy) is 2. The number of rotatable bonds is 4. The first-order chi connectivity index (χ1) is 12.4. The number of methoxy groups -OCH3 is 2. The van der Waals surface area contributed by atoms with Crippen LogP contribution in [0.25, 0.3) is 0 Å². The molecule has 6 heteroatoms. The van der Waals surface area contributed by atoms with E-state index in [1.807, 2.05) is 32.0 Å². The van der Waals surface area contributed by atoms with Gasteiger partial charge < -0.3 is 9.47 Å². The van der Waals surface area contributed by atoms with Crippen LogP contribution in [-0.4, -0.2) is 37.4 Å². The van der Waals surface area contributed by atoms with Crippen LogP contribution >= 0.6 is 0 Å². The van der Waals surface area contributed by atoms with E-state index in [1.165, 1.54) is 29.3 Å². The average molecular weight is 356 g/mol. The molecular weight excluding hydrogens is 335 g/mol. The minimum atomic E-state index is -0.377. The van der Waals surface area contributed by atoms with Crippen molar-refractivity contribution < 1.29 is 18.7 Å². The van der Waals surface area contributed by atoms with Crippen LogP contribution in [0.2, 0.25) is 0 Å². The molecular formula is C20H21FN2O3. The van der Waals surface area contributed by atoms with E-state index in [-0.39, 0.29) is 17.1 Å². The van der Waals surface area contributed by atoms with Crippen LogP contribution in [-0.2, 0) is 0 Å². The number of benzene rings is 2. The summed E-state index contributed by atoms with van der Waals surface area (Å²) in [6.07, 6.45) is 0. The normalized spacial score (nSPS) is 15.6. The Morgan fingerprint density at radius 3 is 2.35 bits per heavy atom. The largest absolute Gasteiger partial charge is 0.493 e. The number of halogens is 1. The van der Waals surface area contributed by atoms with Crippen molar-refractivity contribution in [1.29, 1.82) is 0 Å². The molecule has 5 nitrogen and oxygen atoms in total. The van der Waals surface area contributed by atoms with Crippen LogP contribution in [0, 0.1) is 11.2 Å². The molecule has 1 heterocycles. The third kappa shape index (κ3) is 3.27. The van der Waals surface area contributed by atoms with Crippen molar-refractivity contribution >= 4 is 11.6 Å². The zero-order valence-electron chi connectivity index (χ0n) is 15.2. The van der Waals surface area contributed by atoms with Crippen molar-refractivity contribution in [3.8, 4) is 11.5 Å². The van der Waals surface area contributed by atoms with Gasteiger partial charge in [-0.3, -0.25) is 4.79 Å². The predicted octanol–water partition coefficient (Wildman–Crippen LogP) is 3.73. The molecule has 0 unspecified atom stereocenters. The standard InChI is InChI=1S/C20H21FN2O3/c1-20(2)12-23(19(24)13-5-8-15(21)9-6-13)22-18(20)14-7-10-16(25-3)17(11-14)26-4/h5-11H,12H2,1-4H3. The molecule has 2 aromatic carbocycles. The van der Waals surface area contributed by atoms with Gasteiger partial charge in [0.05, 0.1) is 26.5 Å². The highest BCUT2D eigenvalue weighted by Gasteiger charge is 2.38. The van der Waals surface area contributed by atoms with E-state index in [4.69, 9.17) is 9.47 Å². The van der Waals surface area contributed by atoms with E-state index in [9.17, 15) is 9.18 Å². The topological polar surface area (TPSA) is 51.1 Å². The number of amides is 1. The van der Waals surface area contributed by atoms with Crippen LogP contribution in [0.5, 0.6) is 11.5 Å². The van der Waals surface area contributed by atoms with Crippen LogP contribution in [0.4, 0.5) is 4.39 Å². The zero-order chi connectivity index (χ0) is 18.9. The maximum atomic E-state index is 13.1. The smallest absolute Gasteiger partial charge is 0.273 e. The van der Waals surface area contributed by atoms with Gasteiger partial charge in [-0.1, -0.05) is 13.8 Å². The second-order valence-electron chi connectivity index (χ2n) is 6.77. The van der Waals surface area contributed by atoms with Crippen molar-refractivity contribution in [1.82, 2.24) is 5.01 Å². The lowest BCUT2D eigenvalue weighted by Gasteiger charge is -2.21. The van der Waals surface area contributed by atoms with Crippen molar-refractivity contribution in [2.45, 2.75) is 13.8 Å². The summed E-state index contributed by atoms with van der Waals surface area (Å²) in [5.41, 5.74) is 1.71. The second-order valence-corrected chi connectivity index (χ2v) is 6.77. The van der Waals surface area contributed by atoms with Gasteiger partial charge in [0.25, 0.3) is 5.91 Å². The number of hydrogen-bond acceptors (Lipinski definition) is 4. The summed E-state index contributed by atoms with van der Waals surface area (Å²) in [6, 6.07) is 11.0. The Labute approximate surface area is 152 Å². The Balaban J connectivity index is 1.95. The molecule has 0 saturated heterocycles. The van der Waals surface area contributed by atoms with Gasteiger partial charge in [0.1, 0.15) is 5.82 Å². The molecule has 0 radical (unpaired) electrons. The molecule has 2 aromatic rings. The molecule has 0 bridgehead atoms. The van der Waals surface area contributed by atoms with E-state index in [1.54, 1.807) is 14.2 Å². The quantitative estimate of drug-likeness (QED) is 0.839. The number of carbonyl (C=O) groups excluding carboxylic acids is 1. The van der Waals surface area contributed by atoms with Gasteiger partial charge in [-0.2, -0.15) is 5.10 Å². The molecule has 0 fully saturated rings. The molecule has 0 saturated carbocycles. The van der Waals surface area contributed by atoms with Gasteiger partial charge in [-0.25, -0.2) is 9.40 Å². The zero-order valence-corrected chi connectivity index (χ0v) is 15.2. The summed E-state index contributed by atoms with van der Waals surface area (Å²) < 4.78 is 23.7. The third-order valence-corrected chi connectivity index (χ3v) is 4.39. The molecule has 0 atom stereocenters. The van der Waals surface area contributed by atoms with Crippen LogP contribution in [0.3, 0.4) is 0 Å². The highest BCUT2D eigenvalue weighted by molar-refractivity contribution is 6.08. The first-order valence-corrected chi connectivity index (χ1v) is 8.24. The van der Waals surface area contributed by atoms with E-state index < -0.39 is 0 Å². The Hall–Kier alpha value is -2.89. The van der Waals surface area contributed by atoms with Crippen molar-refractivity contribution in [2.75, 3.05) is 20.8 Å². The lowest BCUT2D eigenvalue weighted by molar-refractivity contribution is 0.0753. The number of nitrogens with zero attached hydrogens (tertiary/aromatic N) is 2. The third-order valence-electron chi connectivity index (χ3n) is 4.39. The molecule has 0 N–H and O–H groups in total. The highest BCUT2D eigenvalue weighted by Crippen LogP contribution is 2.35. The molecule has 0 aliphatic carbocycles. The molecule has 1 amide bonds. The van der Waals surface area contributed by atoms with Gasteiger partial charge >= 0.3 is 0 Å². The Morgan fingerprint density at radius 2 is 1.73 bits per heavy atom. The Bertz CT molecular complexity index is 860. The number of hydrogen-bond donors (Lipinski definition) is 0. The second kappa shape index (κ2) is 6.78. The van der Waals surface area contributed by atoms with E-state index in [2.05, 4.69) is 5.10 Å². The molecule has 26 heavy (non-hydrogen) atoms. The highest BCUT2D eigenvalue weighted by atomic mass is 19.1. The van der Waals surface area contributed by atoms with Gasteiger partial charge in [-0.05, 0) is 42.5 Å². The fraction of sp³-hybridized carbons (Fsp3) is 0.300. The fourth-order valence-corrected chi connectivity index (χ4v) is 3.03. The van der Waals surface area contributed by atoms with Crippen molar-refractivity contribution in [2.24, 2.45) is 10.5 Å². The minimum absolute atomic E-state index is 0.256. The lowest BCUT2D eigenvalue weighted by Crippen LogP contribution is -2.31. The molecule has 0 aromatic heterocycles. The summed E-state index contributed by atoms with van der Waals surface area (Å²) in [6.45, 7) is 4.49. The SMILES string of the molecule is COc1ccc(C2=NN(C(=O)c3ccc(F)cc3)CC2(C)C)cc1OC. The van der Waals surface area contributed by atoms with Crippen molar-refractivity contribution in [3.05, 3.63) is 59.4 Å². The van der Waals surface area contributed by atoms with Gasteiger partial charge in [0.15, 0.2) is 11.5 Å². The van der Waals surface area contributed by atoms with Gasteiger partial charge in [0.2, 0.25) is 0 Å². The van der Waals surface area contributed by atoms with Crippen molar-refractivity contribution in [3.63, 3.8) is 0 Å². The lowest BCUT2D eigenvalue weighted by atomic mass is 9.84. The number of hydrazone groups is 1. The van der Waals surface area contributed by atoms with Gasteiger partial charge in [0, 0.05) is 16.5 Å². The van der Waals surface area contributed by atoms with E-state index >= 15 is 0 Å². The molecule has 1 aliphatic rings. The minimum Gasteiger partial charge on any atom is -0.493 e. The van der Waals surface area contributed by atoms with Crippen LogP contribution in [0.1, 0.15) is 29.8 Å². The molecule has 0 spiro atoms. The maximum absolute atomic E-state index is 13.1. The Morgan fingerprint density at radius 1 is 1.08 bits per heavy atom. The summed E-state index contributed by atoms with van der Waals surface area (Å²) in [4.78, 5) is 12.7. The summed E-state index contributed by atoms with van der Waals surface area (Å²) in [7, 11) is 3.16. The summed E-state index contributed by atoms with van der Waals surface area (Å²) in [5.74, 6) is 0.602. The molecule has 1 aliphatic heterocycles. The maximum Gasteiger partial charge on any atom is 0.273 e. The van der Waals surface area contributed by atoms with E-state index in [0.29, 0.717) is 23.6 Å². The van der Waals surface area contributed by atoms with Crippen LogP contribution < -0.4 is 9.47 Å². The van der Waals surface area contributed by atoms with E-state index in [0.717, 1.165) is 11.3 Å². The van der Waals surface area contributed by atoms with Crippen LogP contribution in [0.15, 0.2) is 47.6 Å². The summed E-state index contributed by atoms with van der Waals surface area (Å²) >= 11 is 0. The van der Waals surface area contributed by atoms with Gasteiger partial charge in [-0.15, -0.1) is 0 Å².